The van der Waals surface area contributed by atoms with Gasteiger partial charge in [0.25, 0.3) is 0 Å². The van der Waals surface area contributed by atoms with Crippen molar-refractivity contribution >= 4 is 5.91 Å². The number of nitrogens with two attached hydrogens (primary N) is 1. The summed E-state index contributed by atoms with van der Waals surface area (Å²) in [5.41, 5.74) is 6.11. The van der Waals surface area contributed by atoms with E-state index >= 15 is 0 Å². The fraction of sp³-hybridized carbons (Fsp3) is 0.933. The molecule has 19 heavy (non-hydrogen) atoms. The van der Waals surface area contributed by atoms with Crippen molar-refractivity contribution < 1.29 is 9.53 Å². The van der Waals surface area contributed by atoms with Gasteiger partial charge >= 0.3 is 0 Å². The van der Waals surface area contributed by atoms with Gasteiger partial charge in [-0.2, -0.15) is 0 Å². The minimum absolute atomic E-state index is 0.0166. The van der Waals surface area contributed by atoms with Crippen molar-refractivity contribution in [2.24, 2.45) is 11.7 Å². The summed E-state index contributed by atoms with van der Waals surface area (Å²) >= 11 is 0. The maximum atomic E-state index is 11.9. The number of ether oxygens (including phenoxy) is 1. The van der Waals surface area contributed by atoms with Crippen LogP contribution >= 0.6 is 0 Å². The molecule has 3 N–H and O–H groups in total. The second kappa shape index (κ2) is 8.54. The van der Waals surface area contributed by atoms with Crippen LogP contribution in [0, 0.1) is 5.92 Å². The van der Waals surface area contributed by atoms with Crippen molar-refractivity contribution in [3.63, 3.8) is 0 Å². The molecule has 0 aliphatic heterocycles. The van der Waals surface area contributed by atoms with Crippen molar-refractivity contribution in [1.82, 2.24) is 5.32 Å². The van der Waals surface area contributed by atoms with Crippen molar-refractivity contribution in [2.45, 2.75) is 77.5 Å². The lowest BCUT2D eigenvalue weighted by atomic mass is 10.1. The third kappa shape index (κ3) is 6.39. The molecule has 0 radical (unpaired) electrons. The van der Waals surface area contributed by atoms with E-state index in [0.29, 0.717) is 5.92 Å². The molecule has 112 valence electrons. The van der Waals surface area contributed by atoms with E-state index < -0.39 is 6.10 Å². The average Bonchev–Trinajstić information content (AvgIpc) is 2.54. The van der Waals surface area contributed by atoms with Crippen molar-refractivity contribution in [3.05, 3.63) is 0 Å². The van der Waals surface area contributed by atoms with E-state index in [4.69, 9.17) is 10.5 Å². The number of hydrogen-bond donors (Lipinski definition) is 2. The first-order valence-corrected chi connectivity index (χ1v) is 7.69. The van der Waals surface area contributed by atoms with Gasteiger partial charge in [0.05, 0.1) is 6.10 Å². The van der Waals surface area contributed by atoms with Crippen LogP contribution in [0.2, 0.25) is 0 Å². The third-order valence-electron chi connectivity index (χ3n) is 3.77. The normalized spacial score (nSPS) is 25.9. The maximum Gasteiger partial charge on any atom is 0.248 e. The fourth-order valence-corrected chi connectivity index (χ4v) is 2.42. The maximum absolute atomic E-state index is 11.9. The van der Waals surface area contributed by atoms with Crippen LogP contribution in [0.3, 0.4) is 0 Å². The summed E-state index contributed by atoms with van der Waals surface area (Å²) in [4.78, 5) is 11.9. The van der Waals surface area contributed by atoms with Crippen LogP contribution in [0.1, 0.15) is 59.3 Å². The predicted molar refractivity (Wildman–Crippen MR) is 77.9 cm³/mol. The first kappa shape index (κ1) is 16.4. The number of nitrogens with one attached hydrogen (secondary N) is 1. The zero-order valence-corrected chi connectivity index (χ0v) is 12.7. The molecule has 0 spiro atoms. The zero-order valence-electron chi connectivity index (χ0n) is 12.7. The van der Waals surface area contributed by atoms with Crippen LogP contribution in [0.25, 0.3) is 0 Å². The highest BCUT2D eigenvalue weighted by molar-refractivity contribution is 5.80. The van der Waals surface area contributed by atoms with E-state index in [-0.39, 0.29) is 18.1 Å². The molecule has 4 heteroatoms. The predicted octanol–water partition coefficient (Wildman–Crippen LogP) is 2.21. The molecular weight excluding hydrogens is 240 g/mol. The van der Waals surface area contributed by atoms with Crippen molar-refractivity contribution in [3.8, 4) is 0 Å². The number of carbonyl (C=O) groups excluding carboxylic acids is 1. The van der Waals surface area contributed by atoms with E-state index in [2.05, 4.69) is 19.2 Å². The van der Waals surface area contributed by atoms with Crippen LogP contribution in [0.4, 0.5) is 0 Å². The Hall–Kier alpha value is -0.610. The topological polar surface area (TPSA) is 64.3 Å². The molecule has 1 aliphatic rings. The molecule has 1 rings (SSSR count). The van der Waals surface area contributed by atoms with Crippen LogP contribution in [-0.4, -0.2) is 30.7 Å². The van der Waals surface area contributed by atoms with Crippen molar-refractivity contribution in [1.29, 1.82) is 0 Å². The van der Waals surface area contributed by atoms with Crippen LogP contribution < -0.4 is 11.1 Å². The van der Waals surface area contributed by atoms with Gasteiger partial charge in [-0.15, -0.1) is 0 Å². The van der Waals surface area contributed by atoms with E-state index in [0.717, 1.165) is 32.2 Å². The SMILES string of the molecule is CC(C)CCNC(=O)C(C)OC1CCCCCC1N. The summed E-state index contributed by atoms with van der Waals surface area (Å²) in [6, 6.07) is 0.0772. The number of rotatable bonds is 6. The van der Waals surface area contributed by atoms with Gasteiger partial charge in [-0.3, -0.25) is 4.79 Å². The van der Waals surface area contributed by atoms with Gasteiger partial charge in [0, 0.05) is 12.6 Å². The Morgan fingerprint density at radius 3 is 2.63 bits per heavy atom. The first-order chi connectivity index (χ1) is 9.00. The van der Waals surface area contributed by atoms with E-state index in [1.807, 2.05) is 6.92 Å². The molecule has 1 saturated carbocycles. The highest BCUT2D eigenvalue weighted by Crippen LogP contribution is 2.20. The zero-order chi connectivity index (χ0) is 14.3. The lowest BCUT2D eigenvalue weighted by Crippen LogP contribution is -2.43. The van der Waals surface area contributed by atoms with Gasteiger partial charge in [0.2, 0.25) is 5.91 Å². The molecule has 0 saturated heterocycles. The quantitative estimate of drug-likeness (QED) is 0.727. The van der Waals surface area contributed by atoms with Crippen LogP contribution in [-0.2, 0) is 9.53 Å². The molecule has 3 unspecified atom stereocenters. The third-order valence-corrected chi connectivity index (χ3v) is 3.77. The molecule has 0 heterocycles. The molecule has 1 aliphatic carbocycles. The number of hydrogen-bond acceptors (Lipinski definition) is 3. The molecule has 0 aromatic heterocycles. The van der Waals surface area contributed by atoms with Crippen LogP contribution in [0.5, 0.6) is 0 Å². The highest BCUT2D eigenvalue weighted by Gasteiger charge is 2.25. The summed E-state index contributed by atoms with van der Waals surface area (Å²) in [5.74, 6) is 0.587. The molecule has 0 bridgehead atoms. The Morgan fingerprint density at radius 1 is 1.26 bits per heavy atom. The Bertz CT molecular complexity index is 269. The van der Waals surface area contributed by atoms with Gasteiger partial charge in [0.1, 0.15) is 6.10 Å². The number of amides is 1. The van der Waals surface area contributed by atoms with E-state index in [9.17, 15) is 4.79 Å². The second-order valence-corrected chi connectivity index (χ2v) is 6.09. The lowest BCUT2D eigenvalue weighted by molar-refractivity contribution is -0.136. The summed E-state index contributed by atoms with van der Waals surface area (Å²) in [6.45, 7) is 6.84. The minimum atomic E-state index is -0.402. The summed E-state index contributed by atoms with van der Waals surface area (Å²) in [7, 11) is 0. The van der Waals surface area contributed by atoms with Crippen molar-refractivity contribution in [2.75, 3.05) is 6.54 Å². The minimum Gasteiger partial charge on any atom is -0.364 e. The smallest absolute Gasteiger partial charge is 0.248 e. The average molecular weight is 270 g/mol. The Kier molecular flexibility index (Phi) is 7.39. The first-order valence-electron chi connectivity index (χ1n) is 7.69. The Labute approximate surface area is 117 Å². The molecule has 0 aromatic carbocycles. The van der Waals surface area contributed by atoms with Crippen LogP contribution in [0.15, 0.2) is 0 Å². The summed E-state index contributed by atoms with van der Waals surface area (Å²) in [6.07, 6.45) is 6.17. The second-order valence-electron chi connectivity index (χ2n) is 6.09. The van der Waals surface area contributed by atoms with Gasteiger partial charge in [-0.1, -0.05) is 33.1 Å². The van der Waals surface area contributed by atoms with Gasteiger partial charge in [-0.05, 0) is 32.1 Å². The van der Waals surface area contributed by atoms with E-state index in [1.54, 1.807) is 0 Å². The van der Waals surface area contributed by atoms with Gasteiger partial charge in [0.15, 0.2) is 0 Å². The standard InChI is InChI=1S/C15H30N2O2/c1-11(2)9-10-17-15(18)12(3)19-14-8-6-4-5-7-13(14)16/h11-14H,4-10,16H2,1-3H3,(H,17,18). The largest absolute Gasteiger partial charge is 0.364 e. The molecule has 0 aromatic rings. The van der Waals surface area contributed by atoms with Gasteiger partial charge in [-0.25, -0.2) is 0 Å². The Morgan fingerprint density at radius 2 is 1.95 bits per heavy atom. The highest BCUT2D eigenvalue weighted by atomic mass is 16.5. The molecule has 1 amide bonds. The fourth-order valence-electron chi connectivity index (χ4n) is 2.42. The monoisotopic (exact) mass is 270 g/mol. The Balaban J connectivity index is 2.31. The summed E-state index contributed by atoms with van der Waals surface area (Å²) < 4.78 is 5.87. The molecule has 1 fully saturated rings. The number of carbonyl (C=O) groups is 1. The molecular formula is C15H30N2O2. The van der Waals surface area contributed by atoms with Gasteiger partial charge < -0.3 is 15.8 Å². The summed E-state index contributed by atoms with van der Waals surface area (Å²) in [5, 5.41) is 2.93. The molecule has 4 nitrogen and oxygen atoms in total. The lowest BCUT2D eigenvalue weighted by Gasteiger charge is -2.25. The van der Waals surface area contributed by atoms with E-state index in [1.165, 1.54) is 12.8 Å². The molecule has 3 atom stereocenters.